The van der Waals surface area contributed by atoms with E-state index in [4.69, 9.17) is 25.8 Å². The van der Waals surface area contributed by atoms with Gasteiger partial charge in [0.1, 0.15) is 29.1 Å². The number of carbonyl (C=O) groups is 5. The van der Waals surface area contributed by atoms with E-state index in [1.165, 1.54) is 31.2 Å². The molecule has 6 rings (SSSR count). The number of ketones is 2. The lowest BCUT2D eigenvalue weighted by molar-refractivity contribution is -0.160. The van der Waals surface area contributed by atoms with E-state index in [0.717, 1.165) is 29.2 Å². The molecule has 0 radical (unpaired) electrons. The number of anilines is 1. The number of fused-ring (bicyclic) bond motifs is 4. The maximum absolute atomic E-state index is 15.2. The quantitative estimate of drug-likeness (QED) is 0.234. The Bertz CT molecular complexity index is 1840. The number of halogens is 3. The molecule has 2 aliphatic heterocycles. The first-order valence-electron chi connectivity index (χ1n) is 15.0. The topological polar surface area (TPSA) is 116 Å². The van der Waals surface area contributed by atoms with Gasteiger partial charge in [-0.1, -0.05) is 23.7 Å². The molecular weight excluding hydrogens is 636 g/mol. The maximum Gasteiger partial charge on any atom is 0.421 e. The summed E-state index contributed by atoms with van der Waals surface area (Å²) in [4.78, 5) is 71.1. The molecule has 1 aliphatic carbocycles. The van der Waals surface area contributed by atoms with Gasteiger partial charge in [0.25, 0.3) is 0 Å². The molecule has 0 aromatic heterocycles. The van der Waals surface area contributed by atoms with Gasteiger partial charge in [0.2, 0.25) is 11.7 Å². The van der Waals surface area contributed by atoms with E-state index in [2.05, 4.69) is 0 Å². The molecule has 3 aliphatic rings. The van der Waals surface area contributed by atoms with Crippen LogP contribution in [0.5, 0.6) is 5.75 Å². The highest BCUT2D eigenvalue weighted by Crippen LogP contribution is 2.62. The van der Waals surface area contributed by atoms with E-state index in [1.807, 2.05) is 0 Å². The highest BCUT2D eigenvalue weighted by molar-refractivity contribution is 6.35. The van der Waals surface area contributed by atoms with Crippen LogP contribution in [0.4, 0.5) is 19.3 Å². The summed E-state index contributed by atoms with van der Waals surface area (Å²) in [6.45, 7) is 6.19. The van der Waals surface area contributed by atoms with Crippen molar-refractivity contribution < 1.29 is 47.0 Å². The first-order chi connectivity index (χ1) is 22.2. The number of hydrogen-bond acceptors (Lipinski definition) is 8. The molecule has 0 unspecified atom stereocenters. The molecule has 1 fully saturated rings. The third-order valence-corrected chi connectivity index (χ3v) is 9.09. The summed E-state index contributed by atoms with van der Waals surface area (Å²) in [5.74, 6) is -9.56. The Balaban J connectivity index is 1.66. The molecule has 0 bridgehead atoms. The van der Waals surface area contributed by atoms with Crippen molar-refractivity contribution in [1.29, 1.82) is 0 Å². The summed E-state index contributed by atoms with van der Waals surface area (Å²) in [5, 5.41) is 0.323. The van der Waals surface area contributed by atoms with Crippen molar-refractivity contribution in [2.75, 3.05) is 11.5 Å². The molecule has 12 heteroatoms. The minimum atomic E-state index is -2.00. The smallest absolute Gasteiger partial charge is 0.421 e. The van der Waals surface area contributed by atoms with Crippen LogP contribution in [0.1, 0.15) is 61.5 Å². The van der Waals surface area contributed by atoms with E-state index in [1.54, 1.807) is 32.9 Å². The van der Waals surface area contributed by atoms with Crippen LogP contribution in [0.15, 0.2) is 60.7 Å². The van der Waals surface area contributed by atoms with Gasteiger partial charge >= 0.3 is 12.1 Å². The van der Waals surface area contributed by atoms with Crippen molar-refractivity contribution in [2.45, 2.75) is 57.2 Å². The zero-order chi connectivity index (χ0) is 34.0. The molecule has 1 spiro atoms. The molecule has 9 nitrogen and oxygen atoms in total. The number of esters is 1. The average molecular weight is 666 g/mol. The Hall–Kier alpha value is -4.64. The number of imide groups is 1. The standard InChI is InChI=1S/C35H30ClF2NO8/c1-5-45-31(42)29(41)26-27(17-6-8-18(36)9-7-17)35(16-22-28(40)21-14-19(37)11-13-25(21)46-30(22)26)23-15-20(38)10-12-24(23)39(32(35)43)33(44)47-34(2,3)4/h6-15,22,26-27,30H,5,16H2,1-4H3/t22-,26+,27-,30-,35-/m0/s1. The zero-order valence-electron chi connectivity index (χ0n) is 25.8. The van der Waals surface area contributed by atoms with Crippen molar-refractivity contribution in [2.24, 2.45) is 11.8 Å². The Morgan fingerprint density at radius 1 is 1.00 bits per heavy atom. The van der Waals surface area contributed by atoms with E-state index >= 15 is 9.18 Å². The van der Waals surface area contributed by atoms with Crippen molar-refractivity contribution >= 4 is 46.8 Å². The lowest BCUT2D eigenvalue weighted by Gasteiger charge is -2.51. The lowest BCUT2D eigenvalue weighted by Crippen LogP contribution is -2.62. The predicted molar refractivity (Wildman–Crippen MR) is 164 cm³/mol. The monoisotopic (exact) mass is 665 g/mol. The zero-order valence-corrected chi connectivity index (χ0v) is 26.6. The SMILES string of the molecule is CCOC(=O)C(=O)[C@@H]1[C@H]2Oc3ccc(F)cc3C(=O)[C@@H]2C[C@@]2(C(=O)N(C(=O)OC(C)(C)C)c3ccc(F)cc32)[C@H]1c1ccc(Cl)cc1. The third kappa shape index (κ3) is 5.26. The Labute approximate surface area is 273 Å². The number of rotatable bonds is 4. The summed E-state index contributed by atoms with van der Waals surface area (Å²) in [5.41, 5.74) is -2.84. The predicted octanol–water partition coefficient (Wildman–Crippen LogP) is 6.33. The van der Waals surface area contributed by atoms with Gasteiger partial charge in [-0.3, -0.25) is 14.4 Å². The third-order valence-electron chi connectivity index (χ3n) is 8.84. The minimum Gasteiger partial charge on any atom is -0.488 e. The normalized spacial score (nSPS) is 24.6. The molecule has 0 N–H and O–H groups in total. The summed E-state index contributed by atoms with van der Waals surface area (Å²) in [6, 6.07) is 12.9. The molecule has 47 heavy (non-hydrogen) atoms. The average Bonchev–Trinajstić information content (AvgIpc) is 3.24. The maximum atomic E-state index is 15.2. The van der Waals surface area contributed by atoms with Crippen LogP contribution in [0.25, 0.3) is 0 Å². The molecule has 0 saturated heterocycles. The Kier molecular flexibility index (Phi) is 7.94. The molecular formula is C35H30ClF2NO8. The second-order valence-electron chi connectivity index (χ2n) is 12.8. The van der Waals surface area contributed by atoms with Crippen LogP contribution < -0.4 is 9.64 Å². The molecule has 244 valence electrons. The van der Waals surface area contributed by atoms with Crippen LogP contribution in [0.3, 0.4) is 0 Å². The van der Waals surface area contributed by atoms with Crippen LogP contribution in [0, 0.1) is 23.5 Å². The van der Waals surface area contributed by atoms with Gasteiger partial charge in [0.05, 0.1) is 35.1 Å². The molecule has 2 amide bonds. The summed E-state index contributed by atoms with van der Waals surface area (Å²) >= 11 is 6.22. The highest BCUT2D eigenvalue weighted by atomic mass is 35.5. The number of benzene rings is 3. The van der Waals surface area contributed by atoms with E-state index < -0.39 is 76.0 Å². The lowest BCUT2D eigenvalue weighted by atomic mass is 9.51. The molecule has 3 aromatic rings. The van der Waals surface area contributed by atoms with Gasteiger partial charge in [0.15, 0.2) is 5.78 Å². The van der Waals surface area contributed by atoms with E-state index in [9.17, 15) is 23.6 Å². The largest absolute Gasteiger partial charge is 0.488 e. The summed E-state index contributed by atoms with van der Waals surface area (Å²) in [6.07, 6.45) is -2.78. The van der Waals surface area contributed by atoms with Gasteiger partial charge in [0, 0.05) is 10.9 Å². The fourth-order valence-corrected chi connectivity index (χ4v) is 7.28. The van der Waals surface area contributed by atoms with Crippen LogP contribution >= 0.6 is 11.6 Å². The van der Waals surface area contributed by atoms with Crippen molar-refractivity contribution in [3.63, 3.8) is 0 Å². The fraction of sp³-hybridized carbons (Fsp3) is 0.343. The van der Waals surface area contributed by atoms with Crippen LogP contribution in [0.2, 0.25) is 5.02 Å². The van der Waals surface area contributed by atoms with Crippen molar-refractivity contribution in [3.05, 3.63) is 94.0 Å². The van der Waals surface area contributed by atoms with Crippen molar-refractivity contribution in [1.82, 2.24) is 0 Å². The minimum absolute atomic E-state index is 0.00579. The van der Waals surface area contributed by atoms with Gasteiger partial charge in [-0.25, -0.2) is 23.3 Å². The molecule has 3 aromatic carbocycles. The number of Topliss-reactive ketones (excluding diaryl/α,β-unsaturated/α-hetero) is 2. The second kappa shape index (κ2) is 11.6. The number of amides is 2. The number of nitrogens with zero attached hydrogens (tertiary/aromatic N) is 1. The van der Waals surface area contributed by atoms with E-state index in [0.29, 0.717) is 10.6 Å². The Morgan fingerprint density at radius 2 is 1.66 bits per heavy atom. The fourth-order valence-electron chi connectivity index (χ4n) is 7.15. The van der Waals surface area contributed by atoms with Gasteiger partial charge < -0.3 is 14.2 Å². The van der Waals surface area contributed by atoms with E-state index in [-0.39, 0.29) is 35.6 Å². The van der Waals surface area contributed by atoms with Gasteiger partial charge in [-0.2, -0.15) is 0 Å². The summed E-state index contributed by atoms with van der Waals surface area (Å²) < 4.78 is 46.5. The number of ether oxygens (including phenoxy) is 3. The van der Waals surface area contributed by atoms with Gasteiger partial charge in [-0.05, 0) is 93.8 Å². The molecule has 2 heterocycles. The first kappa shape index (κ1) is 32.3. The highest BCUT2D eigenvalue weighted by Gasteiger charge is 2.68. The first-order valence-corrected chi connectivity index (χ1v) is 15.4. The molecule has 5 atom stereocenters. The van der Waals surface area contributed by atoms with Crippen LogP contribution in [-0.2, 0) is 29.3 Å². The van der Waals surface area contributed by atoms with Crippen LogP contribution in [-0.4, -0.2) is 47.8 Å². The number of hydrogen-bond donors (Lipinski definition) is 0. The van der Waals surface area contributed by atoms with Crippen molar-refractivity contribution in [3.8, 4) is 5.75 Å². The number of carbonyl (C=O) groups excluding carboxylic acids is 5. The summed E-state index contributed by atoms with van der Waals surface area (Å²) in [7, 11) is 0. The Morgan fingerprint density at radius 3 is 2.32 bits per heavy atom. The van der Waals surface area contributed by atoms with Gasteiger partial charge in [-0.15, -0.1) is 0 Å². The molecule has 1 saturated carbocycles. The second-order valence-corrected chi connectivity index (χ2v) is 13.2.